The molecule has 112 valence electrons. The number of fused-ring (bicyclic) bond motifs is 1. The second kappa shape index (κ2) is 5.31. The number of sulfonamides is 1. The van der Waals surface area contributed by atoms with Crippen LogP contribution in [0.4, 0.5) is 11.4 Å². The van der Waals surface area contributed by atoms with Crippen LogP contribution in [0.5, 0.6) is 0 Å². The summed E-state index contributed by atoms with van der Waals surface area (Å²) < 4.78 is 35.2. The molecule has 0 bridgehead atoms. The SMILES string of the molecule is O=[N+]([O-])c1ccc(NS(=O)(=O)c2cccc3nsnc23)cc1. The lowest BCUT2D eigenvalue weighted by Gasteiger charge is -2.08. The summed E-state index contributed by atoms with van der Waals surface area (Å²) in [6.45, 7) is 0. The molecule has 0 spiro atoms. The number of nitrogens with zero attached hydrogens (tertiary/aromatic N) is 3. The number of rotatable bonds is 4. The summed E-state index contributed by atoms with van der Waals surface area (Å²) in [7, 11) is -3.86. The van der Waals surface area contributed by atoms with Gasteiger partial charge in [-0.3, -0.25) is 14.8 Å². The lowest BCUT2D eigenvalue weighted by Crippen LogP contribution is -2.13. The zero-order valence-electron chi connectivity index (χ0n) is 10.8. The smallest absolute Gasteiger partial charge is 0.269 e. The maximum Gasteiger partial charge on any atom is 0.269 e. The maximum absolute atomic E-state index is 12.4. The van der Waals surface area contributed by atoms with Crippen molar-refractivity contribution in [2.45, 2.75) is 4.90 Å². The van der Waals surface area contributed by atoms with Crippen LogP contribution in [-0.2, 0) is 10.0 Å². The molecule has 0 radical (unpaired) electrons. The predicted molar refractivity (Wildman–Crippen MR) is 81.3 cm³/mol. The number of hydrogen-bond acceptors (Lipinski definition) is 7. The van der Waals surface area contributed by atoms with Crippen LogP contribution in [0.1, 0.15) is 0 Å². The number of nitrogens with one attached hydrogen (secondary N) is 1. The van der Waals surface area contributed by atoms with Gasteiger partial charge in [0.05, 0.1) is 16.7 Å². The summed E-state index contributed by atoms with van der Waals surface area (Å²) in [4.78, 5) is 10.0. The molecule has 22 heavy (non-hydrogen) atoms. The normalized spacial score (nSPS) is 11.5. The van der Waals surface area contributed by atoms with Crippen molar-refractivity contribution in [1.82, 2.24) is 8.75 Å². The van der Waals surface area contributed by atoms with Gasteiger partial charge in [-0.15, -0.1) is 0 Å². The van der Waals surface area contributed by atoms with Crippen molar-refractivity contribution in [2.24, 2.45) is 0 Å². The van der Waals surface area contributed by atoms with Gasteiger partial charge in [0.1, 0.15) is 15.9 Å². The average Bonchev–Trinajstić information content (AvgIpc) is 2.95. The monoisotopic (exact) mass is 336 g/mol. The third-order valence-corrected chi connectivity index (χ3v) is 4.82. The molecule has 1 N–H and O–H groups in total. The van der Waals surface area contributed by atoms with E-state index in [-0.39, 0.29) is 16.3 Å². The molecule has 0 fully saturated rings. The molecular formula is C12H8N4O4S2. The van der Waals surface area contributed by atoms with E-state index in [1.54, 1.807) is 12.1 Å². The van der Waals surface area contributed by atoms with E-state index in [0.29, 0.717) is 11.0 Å². The Morgan fingerprint density at radius 2 is 1.82 bits per heavy atom. The molecule has 8 nitrogen and oxygen atoms in total. The zero-order valence-corrected chi connectivity index (χ0v) is 12.5. The largest absolute Gasteiger partial charge is 0.280 e. The summed E-state index contributed by atoms with van der Waals surface area (Å²) in [5.41, 5.74) is 0.901. The van der Waals surface area contributed by atoms with Crippen LogP contribution in [0.2, 0.25) is 0 Å². The lowest BCUT2D eigenvalue weighted by atomic mass is 10.3. The van der Waals surface area contributed by atoms with Gasteiger partial charge in [0.25, 0.3) is 15.7 Å². The molecule has 3 aromatic rings. The molecule has 1 aromatic heterocycles. The highest BCUT2D eigenvalue weighted by molar-refractivity contribution is 7.93. The van der Waals surface area contributed by atoms with Gasteiger partial charge >= 0.3 is 0 Å². The molecule has 3 rings (SSSR count). The Kier molecular flexibility index (Phi) is 3.47. The Bertz CT molecular complexity index is 951. The predicted octanol–water partition coefficient (Wildman–Crippen LogP) is 2.40. The Morgan fingerprint density at radius 1 is 1.09 bits per heavy atom. The minimum atomic E-state index is -3.86. The van der Waals surface area contributed by atoms with Crippen molar-refractivity contribution in [1.29, 1.82) is 0 Å². The first-order valence-corrected chi connectivity index (χ1v) is 8.17. The van der Waals surface area contributed by atoms with E-state index in [1.807, 2.05) is 0 Å². The Balaban J connectivity index is 1.97. The van der Waals surface area contributed by atoms with Crippen molar-refractivity contribution < 1.29 is 13.3 Å². The van der Waals surface area contributed by atoms with Gasteiger partial charge in [0.15, 0.2) is 0 Å². The average molecular weight is 336 g/mol. The highest BCUT2D eigenvalue weighted by Crippen LogP contribution is 2.24. The van der Waals surface area contributed by atoms with Gasteiger partial charge in [0.2, 0.25) is 0 Å². The van der Waals surface area contributed by atoms with E-state index in [2.05, 4.69) is 13.5 Å². The lowest BCUT2D eigenvalue weighted by molar-refractivity contribution is -0.384. The summed E-state index contributed by atoms with van der Waals surface area (Å²) in [5, 5.41) is 10.6. The minimum Gasteiger partial charge on any atom is -0.280 e. The molecule has 0 aliphatic heterocycles. The molecule has 0 amide bonds. The topological polar surface area (TPSA) is 115 Å². The van der Waals surface area contributed by atoms with Crippen LogP contribution < -0.4 is 4.72 Å². The number of benzene rings is 2. The number of nitro benzene ring substituents is 1. The van der Waals surface area contributed by atoms with Crippen molar-refractivity contribution in [3.05, 3.63) is 52.6 Å². The summed E-state index contributed by atoms with van der Waals surface area (Å²) in [6.07, 6.45) is 0. The van der Waals surface area contributed by atoms with E-state index in [9.17, 15) is 18.5 Å². The first-order chi connectivity index (χ1) is 10.5. The van der Waals surface area contributed by atoms with Crippen LogP contribution in [0, 0.1) is 10.1 Å². The fourth-order valence-corrected chi connectivity index (χ4v) is 3.69. The summed E-state index contributed by atoms with van der Waals surface area (Å²) in [5.74, 6) is 0. The number of non-ortho nitro benzene ring substituents is 1. The van der Waals surface area contributed by atoms with Gasteiger partial charge in [-0.05, 0) is 24.3 Å². The van der Waals surface area contributed by atoms with E-state index in [1.165, 1.54) is 30.3 Å². The number of anilines is 1. The summed E-state index contributed by atoms with van der Waals surface area (Å²) in [6, 6.07) is 9.78. The van der Waals surface area contributed by atoms with Crippen molar-refractivity contribution in [2.75, 3.05) is 4.72 Å². The second-order valence-corrected chi connectivity index (χ2v) is 6.48. The highest BCUT2D eigenvalue weighted by atomic mass is 32.2. The molecule has 0 aliphatic rings. The molecule has 0 aliphatic carbocycles. The first-order valence-electron chi connectivity index (χ1n) is 5.96. The molecule has 2 aromatic carbocycles. The number of nitro groups is 1. The van der Waals surface area contributed by atoms with Gasteiger partial charge in [0, 0.05) is 17.8 Å². The maximum atomic E-state index is 12.4. The molecule has 0 unspecified atom stereocenters. The van der Waals surface area contributed by atoms with Crippen molar-refractivity contribution >= 4 is 44.2 Å². The van der Waals surface area contributed by atoms with Gasteiger partial charge in [-0.2, -0.15) is 8.75 Å². The number of aromatic nitrogens is 2. The Hall–Kier alpha value is -2.59. The number of hydrogen-bond donors (Lipinski definition) is 1. The third kappa shape index (κ3) is 2.61. The fourth-order valence-electron chi connectivity index (χ4n) is 1.86. The Labute approximate surface area is 128 Å². The van der Waals surface area contributed by atoms with E-state index >= 15 is 0 Å². The van der Waals surface area contributed by atoms with Crippen molar-refractivity contribution in [3.8, 4) is 0 Å². The second-order valence-electron chi connectivity index (χ2n) is 4.30. The first kappa shape index (κ1) is 14.4. The van der Waals surface area contributed by atoms with Crippen LogP contribution in [0.15, 0.2) is 47.4 Å². The molecule has 10 heteroatoms. The quantitative estimate of drug-likeness (QED) is 0.578. The van der Waals surface area contributed by atoms with Gasteiger partial charge in [-0.1, -0.05) is 6.07 Å². The van der Waals surface area contributed by atoms with E-state index in [4.69, 9.17) is 0 Å². The molecule has 1 heterocycles. The van der Waals surface area contributed by atoms with Crippen LogP contribution in [0.25, 0.3) is 11.0 Å². The van der Waals surface area contributed by atoms with Crippen molar-refractivity contribution in [3.63, 3.8) is 0 Å². The Morgan fingerprint density at radius 3 is 2.50 bits per heavy atom. The van der Waals surface area contributed by atoms with Crippen LogP contribution in [0.3, 0.4) is 0 Å². The molecular weight excluding hydrogens is 328 g/mol. The molecule has 0 saturated carbocycles. The zero-order chi connectivity index (χ0) is 15.7. The van der Waals surface area contributed by atoms with Crippen LogP contribution >= 0.6 is 11.7 Å². The van der Waals surface area contributed by atoms with Crippen LogP contribution in [-0.4, -0.2) is 22.1 Å². The van der Waals surface area contributed by atoms with Gasteiger partial charge in [-0.25, -0.2) is 8.42 Å². The van der Waals surface area contributed by atoms with E-state index in [0.717, 1.165) is 11.7 Å². The highest BCUT2D eigenvalue weighted by Gasteiger charge is 2.20. The minimum absolute atomic E-state index is 0.0112. The standard InChI is InChI=1S/C12H8N4O4S2/c17-16(18)9-6-4-8(5-7-9)15-22(19,20)11-3-1-2-10-12(11)14-21-13-10/h1-7,15H. The van der Waals surface area contributed by atoms with E-state index < -0.39 is 14.9 Å². The fraction of sp³-hybridized carbons (Fsp3) is 0. The third-order valence-electron chi connectivity index (χ3n) is 2.87. The van der Waals surface area contributed by atoms with Gasteiger partial charge < -0.3 is 0 Å². The summed E-state index contributed by atoms with van der Waals surface area (Å²) >= 11 is 0.927. The molecule has 0 saturated heterocycles. The molecule has 0 atom stereocenters.